The molecule has 1 heteroatoms. The van der Waals surface area contributed by atoms with Crippen molar-refractivity contribution in [3.05, 3.63) is 29.8 Å². The molecule has 0 radical (unpaired) electrons. The van der Waals surface area contributed by atoms with E-state index in [2.05, 4.69) is 49.9 Å². The van der Waals surface area contributed by atoms with Gasteiger partial charge in [0, 0.05) is 18.8 Å². The van der Waals surface area contributed by atoms with Gasteiger partial charge in [-0.2, -0.15) is 0 Å². The minimum atomic E-state index is 1.22. The van der Waals surface area contributed by atoms with Crippen molar-refractivity contribution in [1.29, 1.82) is 0 Å². The van der Waals surface area contributed by atoms with Gasteiger partial charge in [-0.25, -0.2) is 0 Å². The first-order valence-corrected chi connectivity index (χ1v) is 9.10. The first kappa shape index (κ1) is 18.1. The zero-order chi connectivity index (χ0) is 15.3. The van der Waals surface area contributed by atoms with Crippen LogP contribution >= 0.6 is 0 Å². The van der Waals surface area contributed by atoms with Crippen molar-refractivity contribution in [2.45, 2.75) is 78.6 Å². The molecule has 0 saturated carbocycles. The van der Waals surface area contributed by atoms with Gasteiger partial charge in [-0.3, -0.25) is 0 Å². The maximum atomic E-state index is 2.62. The summed E-state index contributed by atoms with van der Waals surface area (Å²) in [5.74, 6) is 0. The summed E-state index contributed by atoms with van der Waals surface area (Å²) in [7, 11) is 0. The smallest absolute Gasteiger partial charge is 0.0395 e. The number of hydrogen-bond acceptors (Lipinski definition) is 1. The predicted molar refractivity (Wildman–Crippen MR) is 96.3 cm³/mol. The Hall–Kier alpha value is -0.980. The van der Waals surface area contributed by atoms with Gasteiger partial charge in [-0.15, -0.1) is 0 Å². The Bertz CT molecular complexity index is 359. The Balaban J connectivity index is 2.43. The van der Waals surface area contributed by atoms with Crippen molar-refractivity contribution < 1.29 is 0 Å². The number of aryl methyl sites for hydroxylation is 1. The molecule has 120 valence electrons. The molecule has 0 unspecified atom stereocenters. The van der Waals surface area contributed by atoms with Gasteiger partial charge in [-0.1, -0.05) is 77.0 Å². The molecule has 0 aliphatic carbocycles. The third-order valence-electron chi connectivity index (χ3n) is 4.27. The van der Waals surface area contributed by atoms with Crippen molar-refractivity contribution in [3.63, 3.8) is 0 Å². The fourth-order valence-electron chi connectivity index (χ4n) is 2.91. The van der Waals surface area contributed by atoms with E-state index in [1.165, 1.54) is 82.1 Å². The first-order valence-electron chi connectivity index (χ1n) is 9.10. The summed E-state index contributed by atoms with van der Waals surface area (Å²) in [4.78, 5) is 2.62. The molecule has 0 aliphatic rings. The minimum Gasteiger partial charge on any atom is -0.371 e. The van der Waals surface area contributed by atoms with Crippen LogP contribution < -0.4 is 4.90 Å². The monoisotopic (exact) mass is 289 g/mol. The van der Waals surface area contributed by atoms with E-state index in [0.29, 0.717) is 0 Å². The number of benzene rings is 1. The number of nitrogens with zero attached hydrogens (tertiary/aromatic N) is 1. The van der Waals surface area contributed by atoms with E-state index < -0.39 is 0 Å². The molecule has 1 nitrogen and oxygen atoms in total. The lowest BCUT2D eigenvalue weighted by Gasteiger charge is -2.26. The summed E-state index contributed by atoms with van der Waals surface area (Å²) < 4.78 is 0. The lowest BCUT2D eigenvalue weighted by Crippen LogP contribution is -2.26. The highest BCUT2D eigenvalue weighted by Gasteiger charge is 2.08. The Morgan fingerprint density at radius 2 is 1.24 bits per heavy atom. The van der Waals surface area contributed by atoms with Gasteiger partial charge in [0.25, 0.3) is 0 Å². The molecular weight excluding hydrogens is 254 g/mol. The second kappa shape index (κ2) is 11.7. The molecule has 1 aromatic rings. The molecule has 1 rings (SSSR count). The van der Waals surface area contributed by atoms with Gasteiger partial charge >= 0.3 is 0 Å². The third-order valence-corrected chi connectivity index (χ3v) is 4.27. The molecular formula is C20H35N. The second-order valence-electron chi connectivity index (χ2n) is 6.25. The van der Waals surface area contributed by atoms with Crippen LogP contribution in [-0.4, -0.2) is 13.1 Å². The van der Waals surface area contributed by atoms with Gasteiger partial charge in [-0.05, 0) is 31.4 Å². The number of unbranched alkanes of at least 4 members (excludes halogenated alkanes) is 7. The zero-order valence-corrected chi connectivity index (χ0v) is 14.5. The van der Waals surface area contributed by atoms with E-state index in [1.807, 2.05) is 0 Å². The van der Waals surface area contributed by atoms with Crippen molar-refractivity contribution in [2.75, 3.05) is 18.0 Å². The molecule has 0 saturated heterocycles. The molecule has 21 heavy (non-hydrogen) atoms. The molecule has 0 heterocycles. The highest BCUT2D eigenvalue weighted by molar-refractivity contribution is 5.52. The number of anilines is 1. The number of hydrogen-bond donors (Lipinski definition) is 0. The van der Waals surface area contributed by atoms with E-state index in [1.54, 1.807) is 0 Å². The topological polar surface area (TPSA) is 3.24 Å². The standard InChI is InChI=1S/C20H35N/c1-4-6-8-9-10-14-18-21(17-13-7-5-2)20-16-12-11-15-19(20)3/h11-12,15-16H,4-10,13-14,17-18H2,1-3H3. The van der Waals surface area contributed by atoms with Crippen LogP contribution in [-0.2, 0) is 0 Å². The van der Waals surface area contributed by atoms with Gasteiger partial charge in [0.1, 0.15) is 0 Å². The highest BCUT2D eigenvalue weighted by Crippen LogP contribution is 2.21. The fraction of sp³-hybridized carbons (Fsp3) is 0.700. The van der Waals surface area contributed by atoms with E-state index in [9.17, 15) is 0 Å². The Labute approximate surface area is 132 Å². The van der Waals surface area contributed by atoms with E-state index in [-0.39, 0.29) is 0 Å². The molecule has 0 spiro atoms. The third kappa shape index (κ3) is 7.55. The summed E-state index contributed by atoms with van der Waals surface area (Å²) in [6.07, 6.45) is 12.3. The molecule has 0 N–H and O–H groups in total. The number of rotatable bonds is 12. The zero-order valence-electron chi connectivity index (χ0n) is 14.5. The lowest BCUT2D eigenvalue weighted by atomic mass is 10.1. The lowest BCUT2D eigenvalue weighted by molar-refractivity contribution is 0.589. The van der Waals surface area contributed by atoms with Gasteiger partial charge in [0.2, 0.25) is 0 Å². The maximum Gasteiger partial charge on any atom is 0.0395 e. The molecule has 0 amide bonds. The average molecular weight is 290 g/mol. The van der Waals surface area contributed by atoms with Gasteiger partial charge in [0.15, 0.2) is 0 Å². The Kier molecular flexibility index (Phi) is 10.0. The van der Waals surface area contributed by atoms with Crippen LogP contribution in [0, 0.1) is 6.92 Å². The van der Waals surface area contributed by atoms with E-state index in [0.717, 1.165) is 0 Å². The van der Waals surface area contributed by atoms with Crippen molar-refractivity contribution >= 4 is 5.69 Å². The van der Waals surface area contributed by atoms with Crippen LogP contribution in [0.1, 0.15) is 77.2 Å². The molecule has 0 aromatic heterocycles. The molecule has 0 aliphatic heterocycles. The summed E-state index contributed by atoms with van der Waals surface area (Å²) in [6.45, 7) is 9.25. The summed E-state index contributed by atoms with van der Waals surface area (Å²) >= 11 is 0. The van der Waals surface area contributed by atoms with Gasteiger partial charge < -0.3 is 4.90 Å². The Morgan fingerprint density at radius 3 is 1.90 bits per heavy atom. The van der Waals surface area contributed by atoms with Gasteiger partial charge in [0.05, 0.1) is 0 Å². The fourth-order valence-corrected chi connectivity index (χ4v) is 2.91. The minimum absolute atomic E-state index is 1.22. The summed E-state index contributed by atoms with van der Waals surface area (Å²) in [5, 5.41) is 0. The molecule has 1 aromatic carbocycles. The van der Waals surface area contributed by atoms with Crippen LogP contribution in [0.3, 0.4) is 0 Å². The second-order valence-corrected chi connectivity index (χ2v) is 6.25. The van der Waals surface area contributed by atoms with E-state index in [4.69, 9.17) is 0 Å². The van der Waals surface area contributed by atoms with E-state index >= 15 is 0 Å². The normalized spacial score (nSPS) is 10.8. The van der Waals surface area contributed by atoms with Crippen LogP contribution in [0.2, 0.25) is 0 Å². The summed E-state index contributed by atoms with van der Waals surface area (Å²) in [6, 6.07) is 8.85. The number of para-hydroxylation sites is 1. The molecule has 0 fully saturated rings. The van der Waals surface area contributed by atoms with Crippen LogP contribution in [0.4, 0.5) is 5.69 Å². The molecule has 0 atom stereocenters. The summed E-state index contributed by atoms with van der Waals surface area (Å²) in [5.41, 5.74) is 2.86. The van der Waals surface area contributed by atoms with Crippen molar-refractivity contribution in [2.24, 2.45) is 0 Å². The maximum absolute atomic E-state index is 2.62. The van der Waals surface area contributed by atoms with Crippen molar-refractivity contribution in [3.8, 4) is 0 Å². The SMILES string of the molecule is CCCCCCCCN(CCCCC)c1ccccc1C. The molecule has 0 bridgehead atoms. The van der Waals surface area contributed by atoms with Crippen LogP contribution in [0.25, 0.3) is 0 Å². The Morgan fingerprint density at radius 1 is 0.714 bits per heavy atom. The quantitative estimate of drug-likeness (QED) is 0.405. The largest absolute Gasteiger partial charge is 0.371 e. The predicted octanol–water partition coefficient (Wildman–Crippen LogP) is 6.35. The highest BCUT2D eigenvalue weighted by atomic mass is 15.1. The van der Waals surface area contributed by atoms with Crippen LogP contribution in [0.5, 0.6) is 0 Å². The van der Waals surface area contributed by atoms with Crippen LogP contribution in [0.15, 0.2) is 24.3 Å². The average Bonchev–Trinajstić information content (AvgIpc) is 2.50. The first-order chi connectivity index (χ1) is 10.3. The van der Waals surface area contributed by atoms with Crippen molar-refractivity contribution in [1.82, 2.24) is 0 Å².